The van der Waals surface area contributed by atoms with E-state index in [4.69, 9.17) is 9.47 Å². The number of para-hydroxylation sites is 1. The molecular formula is C19H21FN2O3. The van der Waals surface area contributed by atoms with E-state index in [2.05, 4.69) is 5.32 Å². The summed E-state index contributed by atoms with van der Waals surface area (Å²) in [5.41, 5.74) is 1.16. The van der Waals surface area contributed by atoms with Gasteiger partial charge in [-0.3, -0.25) is 0 Å². The lowest BCUT2D eigenvalue weighted by atomic mass is 10.0. The number of methoxy groups -OCH3 is 2. The molecule has 0 spiro atoms. The zero-order valence-corrected chi connectivity index (χ0v) is 14.3. The van der Waals surface area contributed by atoms with E-state index in [1.807, 2.05) is 18.2 Å². The third-order valence-corrected chi connectivity index (χ3v) is 4.42. The second-order valence-corrected chi connectivity index (χ2v) is 5.88. The second-order valence-electron chi connectivity index (χ2n) is 5.88. The number of amides is 2. The lowest BCUT2D eigenvalue weighted by Crippen LogP contribution is -2.34. The number of benzene rings is 2. The molecule has 0 radical (unpaired) electrons. The summed E-state index contributed by atoms with van der Waals surface area (Å²) in [5, 5.41) is 2.66. The van der Waals surface area contributed by atoms with Gasteiger partial charge in [0.25, 0.3) is 0 Å². The maximum absolute atomic E-state index is 13.8. The maximum Gasteiger partial charge on any atom is 0.322 e. The molecule has 1 N–H and O–H groups in total. The summed E-state index contributed by atoms with van der Waals surface area (Å²) in [7, 11) is 3.17. The third-order valence-electron chi connectivity index (χ3n) is 4.42. The van der Waals surface area contributed by atoms with Crippen molar-refractivity contribution in [2.45, 2.75) is 18.9 Å². The lowest BCUT2D eigenvalue weighted by Gasteiger charge is -2.26. The fourth-order valence-electron chi connectivity index (χ4n) is 3.17. The van der Waals surface area contributed by atoms with Crippen LogP contribution in [0.5, 0.6) is 11.5 Å². The minimum Gasteiger partial charge on any atom is -0.493 e. The molecular weight excluding hydrogens is 323 g/mol. The zero-order chi connectivity index (χ0) is 17.8. The molecule has 6 heteroatoms. The predicted octanol–water partition coefficient (Wildman–Crippen LogP) is 4.21. The molecule has 0 aliphatic carbocycles. The first-order valence-corrected chi connectivity index (χ1v) is 8.18. The van der Waals surface area contributed by atoms with Crippen molar-refractivity contribution in [1.29, 1.82) is 0 Å². The molecule has 1 atom stereocenters. The van der Waals surface area contributed by atoms with Gasteiger partial charge in [0.1, 0.15) is 5.82 Å². The Morgan fingerprint density at radius 3 is 2.64 bits per heavy atom. The summed E-state index contributed by atoms with van der Waals surface area (Å²) < 4.78 is 24.4. The highest BCUT2D eigenvalue weighted by molar-refractivity contribution is 5.90. The van der Waals surface area contributed by atoms with Crippen LogP contribution in [-0.4, -0.2) is 31.7 Å². The van der Waals surface area contributed by atoms with Gasteiger partial charge in [0.2, 0.25) is 0 Å². The molecule has 0 aromatic heterocycles. The van der Waals surface area contributed by atoms with Crippen LogP contribution in [0.1, 0.15) is 24.4 Å². The highest BCUT2D eigenvalue weighted by atomic mass is 19.1. The monoisotopic (exact) mass is 344 g/mol. The molecule has 0 saturated carbocycles. The van der Waals surface area contributed by atoms with Crippen LogP contribution in [0.15, 0.2) is 42.5 Å². The minimum atomic E-state index is -0.447. The summed E-state index contributed by atoms with van der Waals surface area (Å²) >= 11 is 0. The van der Waals surface area contributed by atoms with Gasteiger partial charge in [-0.1, -0.05) is 18.2 Å². The van der Waals surface area contributed by atoms with Gasteiger partial charge in [-0.05, 0) is 42.7 Å². The summed E-state index contributed by atoms with van der Waals surface area (Å²) in [6, 6.07) is 11.4. The fourth-order valence-corrected chi connectivity index (χ4v) is 3.17. The predicted molar refractivity (Wildman–Crippen MR) is 93.6 cm³/mol. The number of carbonyl (C=O) groups excluding carboxylic acids is 1. The molecule has 132 valence electrons. The van der Waals surface area contributed by atoms with Gasteiger partial charge in [0.05, 0.1) is 25.9 Å². The van der Waals surface area contributed by atoms with Crippen molar-refractivity contribution in [2.75, 3.05) is 26.1 Å². The Bertz CT molecular complexity index is 766. The molecule has 0 unspecified atom stereocenters. The van der Waals surface area contributed by atoms with E-state index in [0.717, 1.165) is 18.4 Å². The van der Waals surface area contributed by atoms with E-state index in [-0.39, 0.29) is 17.8 Å². The SMILES string of the molecule is COc1ccc([C@@H]2CCCN2C(=O)Nc2ccccc2F)cc1OC. The Kier molecular flexibility index (Phi) is 5.07. The van der Waals surface area contributed by atoms with Gasteiger partial charge >= 0.3 is 6.03 Å². The smallest absolute Gasteiger partial charge is 0.322 e. The van der Waals surface area contributed by atoms with Crippen LogP contribution >= 0.6 is 0 Å². The van der Waals surface area contributed by atoms with E-state index in [9.17, 15) is 9.18 Å². The first-order chi connectivity index (χ1) is 12.1. The van der Waals surface area contributed by atoms with Gasteiger partial charge in [-0.25, -0.2) is 9.18 Å². The molecule has 3 rings (SSSR count). The molecule has 1 heterocycles. The number of likely N-dealkylation sites (tertiary alicyclic amines) is 1. The number of nitrogens with one attached hydrogen (secondary N) is 1. The topological polar surface area (TPSA) is 50.8 Å². The Labute approximate surface area is 146 Å². The maximum atomic E-state index is 13.8. The van der Waals surface area contributed by atoms with Crippen LogP contribution in [0.25, 0.3) is 0 Å². The normalized spacial score (nSPS) is 16.6. The first-order valence-electron chi connectivity index (χ1n) is 8.18. The number of hydrogen-bond donors (Lipinski definition) is 1. The molecule has 5 nitrogen and oxygen atoms in total. The van der Waals surface area contributed by atoms with Crippen molar-refractivity contribution in [1.82, 2.24) is 4.90 Å². The van der Waals surface area contributed by atoms with Gasteiger partial charge in [0, 0.05) is 6.54 Å². The van der Waals surface area contributed by atoms with Crippen molar-refractivity contribution >= 4 is 11.7 Å². The summed E-state index contributed by atoms with van der Waals surface area (Å²) in [6.45, 7) is 0.624. The number of anilines is 1. The average molecular weight is 344 g/mol. The zero-order valence-electron chi connectivity index (χ0n) is 14.3. The number of carbonyl (C=O) groups is 1. The third kappa shape index (κ3) is 3.52. The van der Waals surface area contributed by atoms with Crippen LogP contribution in [0.4, 0.5) is 14.9 Å². The molecule has 1 saturated heterocycles. The van der Waals surface area contributed by atoms with Gasteiger partial charge in [-0.2, -0.15) is 0 Å². The van der Waals surface area contributed by atoms with Crippen molar-refractivity contribution in [3.63, 3.8) is 0 Å². The lowest BCUT2D eigenvalue weighted by molar-refractivity contribution is 0.207. The second kappa shape index (κ2) is 7.42. The fraction of sp³-hybridized carbons (Fsp3) is 0.316. The average Bonchev–Trinajstić information content (AvgIpc) is 3.13. The number of rotatable bonds is 4. The Balaban J connectivity index is 1.80. The summed E-state index contributed by atoms with van der Waals surface area (Å²) in [6.07, 6.45) is 1.74. The molecule has 0 bridgehead atoms. The number of urea groups is 1. The van der Waals surface area contributed by atoms with Crippen molar-refractivity contribution < 1.29 is 18.7 Å². The van der Waals surface area contributed by atoms with E-state index in [1.165, 1.54) is 6.07 Å². The summed E-state index contributed by atoms with van der Waals surface area (Å²) in [4.78, 5) is 14.4. The van der Waals surface area contributed by atoms with Gasteiger partial charge in [-0.15, -0.1) is 0 Å². The van der Waals surface area contributed by atoms with Crippen molar-refractivity contribution in [2.24, 2.45) is 0 Å². The van der Waals surface area contributed by atoms with E-state index < -0.39 is 5.82 Å². The largest absolute Gasteiger partial charge is 0.493 e. The number of ether oxygens (including phenoxy) is 2. The summed E-state index contributed by atoms with van der Waals surface area (Å²) in [5.74, 6) is 0.825. The Morgan fingerprint density at radius 2 is 1.92 bits per heavy atom. The molecule has 2 aromatic rings. The van der Waals surface area contributed by atoms with Crippen LogP contribution in [0, 0.1) is 5.82 Å². The molecule has 2 aromatic carbocycles. The Hall–Kier alpha value is -2.76. The molecule has 1 aliphatic rings. The molecule has 25 heavy (non-hydrogen) atoms. The van der Waals surface area contributed by atoms with Gasteiger partial charge in [0.15, 0.2) is 11.5 Å². The van der Waals surface area contributed by atoms with Crippen molar-refractivity contribution in [3.05, 3.63) is 53.8 Å². The van der Waals surface area contributed by atoms with Crippen LogP contribution in [0.2, 0.25) is 0 Å². The van der Waals surface area contributed by atoms with Crippen LogP contribution in [-0.2, 0) is 0 Å². The van der Waals surface area contributed by atoms with Crippen LogP contribution in [0.3, 0.4) is 0 Å². The number of halogens is 1. The van der Waals surface area contributed by atoms with E-state index in [1.54, 1.807) is 37.3 Å². The molecule has 2 amide bonds. The van der Waals surface area contributed by atoms with Crippen molar-refractivity contribution in [3.8, 4) is 11.5 Å². The quantitative estimate of drug-likeness (QED) is 0.904. The molecule has 1 aliphatic heterocycles. The van der Waals surface area contributed by atoms with Crippen LogP contribution < -0.4 is 14.8 Å². The Morgan fingerprint density at radius 1 is 1.16 bits per heavy atom. The highest BCUT2D eigenvalue weighted by Gasteiger charge is 2.31. The minimum absolute atomic E-state index is 0.0772. The highest BCUT2D eigenvalue weighted by Crippen LogP contribution is 2.37. The van der Waals surface area contributed by atoms with Gasteiger partial charge < -0.3 is 19.7 Å². The molecule has 1 fully saturated rings. The standard InChI is InChI=1S/C19H21FN2O3/c1-24-17-10-9-13(12-18(17)25-2)16-8-5-11-22(16)19(23)21-15-7-4-3-6-14(15)20/h3-4,6-7,9-10,12,16H,5,8,11H2,1-2H3,(H,21,23)/t16-/m0/s1. The van der Waals surface area contributed by atoms with E-state index in [0.29, 0.717) is 18.0 Å². The number of nitrogens with zero attached hydrogens (tertiary/aromatic N) is 1. The first kappa shape index (κ1) is 17.1. The number of hydrogen-bond acceptors (Lipinski definition) is 3. The van der Waals surface area contributed by atoms with E-state index >= 15 is 0 Å².